The molecule has 1 aromatic carbocycles. The van der Waals surface area contributed by atoms with Gasteiger partial charge in [0.05, 0.1) is 13.1 Å². The molecular weight excluding hydrogens is 377 g/mol. The standard InChI is InChI=1S/C15H20BrF3N2O2/c1-14(2,3)23-13(22)21-9-15(18,19)8-20-7-10-6-11(16)4-5-12(10)17/h4-6,20H,7-9H2,1-3H3,(H,21,22). The van der Waals surface area contributed by atoms with E-state index in [1.807, 2.05) is 5.32 Å². The van der Waals surface area contributed by atoms with Crippen LogP contribution in [-0.2, 0) is 11.3 Å². The molecular formula is C15H20BrF3N2O2. The zero-order chi connectivity index (χ0) is 17.7. The smallest absolute Gasteiger partial charge is 0.407 e. The van der Waals surface area contributed by atoms with Crippen LogP contribution in [0.4, 0.5) is 18.0 Å². The molecule has 23 heavy (non-hydrogen) atoms. The van der Waals surface area contributed by atoms with Gasteiger partial charge in [0.1, 0.15) is 11.4 Å². The highest BCUT2D eigenvalue weighted by Crippen LogP contribution is 2.16. The number of carbonyl (C=O) groups is 1. The summed E-state index contributed by atoms with van der Waals surface area (Å²) in [6.07, 6.45) is -0.907. The Hall–Kier alpha value is -1.28. The first kappa shape index (κ1) is 19.8. The molecule has 0 aliphatic heterocycles. The molecule has 1 amide bonds. The summed E-state index contributed by atoms with van der Waals surface area (Å²) in [6.45, 7) is 3.30. The van der Waals surface area contributed by atoms with E-state index in [1.165, 1.54) is 18.2 Å². The van der Waals surface area contributed by atoms with Crippen molar-refractivity contribution >= 4 is 22.0 Å². The van der Waals surface area contributed by atoms with Crippen LogP contribution in [0.1, 0.15) is 26.3 Å². The van der Waals surface area contributed by atoms with E-state index in [9.17, 15) is 18.0 Å². The van der Waals surface area contributed by atoms with Gasteiger partial charge in [0, 0.05) is 16.6 Å². The largest absolute Gasteiger partial charge is 0.444 e. The molecule has 0 aromatic heterocycles. The monoisotopic (exact) mass is 396 g/mol. The lowest BCUT2D eigenvalue weighted by molar-refractivity contribution is -0.00381. The second-order valence-electron chi connectivity index (χ2n) is 6.05. The molecule has 0 aliphatic carbocycles. The highest BCUT2D eigenvalue weighted by atomic mass is 79.9. The summed E-state index contributed by atoms with van der Waals surface area (Å²) >= 11 is 3.19. The van der Waals surface area contributed by atoms with E-state index in [-0.39, 0.29) is 12.1 Å². The molecule has 1 rings (SSSR count). The number of benzene rings is 1. The average molecular weight is 397 g/mol. The molecule has 0 aliphatic rings. The number of alkyl carbamates (subject to hydrolysis) is 1. The number of amides is 1. The van der Waals surface area contributed by atoms with Crippen LogP contribution in [0.25, 0.3) is 0 Å². The Morgan fingerprint density at radius 1 is 1.26 bits per heavy atom. The van der Waals surface area contributed by atoms with E-state index in [0.29, 0.717) is 4.47 Å². The van der Waals surface area contributed by atoms with Crippen molar-refractivity contribution in [3.05, 3.63) is 34.1 Å². The first-order valence-corrected chi connectivity index (χ1v) is 7.77. The maximum absolute atomic E-state index is 13.7. The molecule has 1 aromatic rings. The fourth-order valence-electron chi connectivity index (χ4n) is 1.64. The zero-order valence-electron chi connectivity index (χ0n) is 13.2. The van der Waals surface area contributed by atoms with Crippen LogP contribution in [0, 0.1) is 5.82 Å². The van der Waals surface area contributed by atoms with Gasteiger partial charge in [-0.2, -0.15) is 0 Å². The second kappa shape index (κ2) is 8.01. The second-order valence-corrected chi connectivity index (χ2v) is 6.97. The quantitative estimate of drug-likeness (QED) is 0.767. The molecule has 0 bridgehead atoms. The molecule has 4 nitrogen and oxygen atoms in total. The number of halogens is 4. The van der Waals surface area contributed by atoms with Crippen molar-refractivity contribution in [1.29, 1.82) is 0 Å². The highest BCUT2D eigenvalue weighted by Gasteiger charge is 2.30. The maximum Gasteiger partial charge on any atom is 0.407 e. The third-order valence-corrected chi connectivity index (χ3v) is 3.09. The van der Waals surface area contributed by atoms with Crippen LogP contribution in [0.15, 0.2) is 22.7 Å². The van der Waals surface area contributed by atoms with Gasteiger partial charge < -0.3 is 15.4 Å². The average Bonchev–Trinajstić information content (AvgIpc) is 2.39. The van der Waals surface area contributed by atoms with Crippen LogP contribution in [0.3, 0.4) is 0 Å². The molecule has 0 spiro atoms. The molecule has 0 radical (unpaired) electrons. The Labute approximate surface area is 141 Å². The first-order chi connectivity index (χ1) is 10.5. The third-order valence-electron chi connectivity index (χ3n) is 2.60. The molecule has 130 valence electrons. The number of nitrogens with one attached hydrogen (secondary N) is 2. The van der Waals surface area contributed by atoms with E-state index in [0.717, 1.165) is 0 Å². The Balaban J connectivity index is 2.40. The Morgan fingerprint density at radius 3 is 2.52 bits per heavy atom. The third kappa shape index (κ3) is 8.22. The highest BCUT2D eigenvalue weighted by molar-refractivity contribution is 9.10. The lowest BCUT2D eigenvalue weighted by atomic mass is 10.2. The van der Waals surface area contributed by atoms with E-state index in [4.69, 9.17) is 4.74 Å². The van der Waals surface area contributed by atoms with E-state index >= 15 is 0 Å². The minimum Gasteiger partial charge on any atom is -0.444 e. The summed E-state index contributed by atoms with van der Waals surface area (Å²) in [6, 6.07) is 4.29. The normalized spacial score (nSPS) is 12.1. The van der Waals surface area contributed by atoms with Crippen molar-refractivity contribution in [2.75, 3.05) is 13.1 Å². The Kier molecular flexibility index (Phi) is 6.88. The number of ether oxygens (including phenoxy) is 1. The van der Waals surface area contributed by atoms with E-state index in [1.54, 1.807) is 20.8 Å². The Morgan fingerprint density at radius 2 is 1.91 bits per heavy atom. The number of rotatable bonds is 6. The summed E-state index contributed by atoms with van der Waals surface area (Å²) in [5, 5.41) is 4.49. The van der Waals surface area contributed by atoms with Crippen LogP contribution in [0.5, 0.6) is 0 Å². The maximum atomic E-state index is 13.7. The summed E-state index contributed by atoms with van der Waals surface area (Å²) in [4.78, 5) is 11.3. The van der Waals surface area contributed by atoms with E-state index in [2.05, 4.69) is 21.2 Å². The molecule has 0 heterocycles. The van der Waals surface area contributed by atoms with Gasteiger partial charge in [-0.25, -0.2) is 18.0 Å². The number of alkyl halides is 2. The molecule has 0 fully saturated rings. The number of hydrogen-bond donors (Lipinski definition) is 2. The van der Waals surface area contributed by atoms with Gasteiger partial charge in [-0.1, -0.05) is 15.9 Å². The topological polar surface area (TPSA) is 50.4 Å². The van der Waals surface area contributed by atoms with Crippen LogP contribution in [-0.4, -0.2) is 30.7 Å². The van der Waals surface area contributed by atoms with E-state index < -0.39 is 36.5 Å². The molecule has 0 unspecified atom stereocenters. The van der Waals surface area contributed by atoms with Crippen LogP contribution < -0.4 is 10.6 Å². The summed E-state index contributed by atoms with van der Waals surface area (Å²) in [7, 11) is 0. The molecule has 0 saturated carbocycles. The summed E-state index contributed by atoms with van der Waals surface area (Å²) in [5.74, 6) is -3.66. The van der Waals surface area contributed by atoms with Crippen molar-refractivity contribution in [3.63, 3.8) is 0 Å². The SMILES string of the molecule is CC(C)(C)OC(=O)NCC(F)(F)CNCc1cc(Br)ccc1F. The minimum atomic E-state index is -3.18. The van der Waals surface area contributed by atoms with Crippen molar-refractivity contribution in [1.82, 2.24) is 10.6 Å². The predicted octanol–water partition coefficient (Wildman–Crippen LogP) is 3.84. The van der Waals surface area contributed by atoms with Crippen molar-refractivity contribution in [2.24, 2.45) is 0 Å². The molecule has 8 heteroatoms. The fourth-order valence-corrected chi connectivity index (χ4v) is 2.05. The van der Waals surface area contributed by atoms with Crippen LogP contribution in [0.2, 0.25) is 0 Å². The van der Waals surface area contributed by atoms with Gasteiger partial charge in [0.2, 0.25) is 0 Å². The van der Waals surface area contributed by atoms with Gasteiger partial charge in [-0.05, 0) is 39.0 Å². The lowest BCUT2D eigenvalue weighted by Crippen LogP contribution is -2.44. The molecule has 0 saturated heterocycles. The van der Waals surface area contributed by atoms with Gasteiger partial charge >= 0.3 is 6.09 Å². The zero-order valence-corrected chi connectivity index (χ0v) is 14.8. The van der Waals surface area contributed by atoms with Crippen molar-refractivity contribution in [2.45, 2.75) is 38.8 Å². The summed E-state index contributed by atoms with van der Waals surface area (Å²) in [5.41, 5.74) is -0.481. The predicted molar refractivity (Wildman–Crippen MR) is 85.0 cm³/mol. The number of hydrogen-bond acceptors (Lipinski definition) is 3. The molecule has 0 atom stereocenters. The first-order valence-electron chi connectivity index (χ1n) is 6.98. The van der Waals surface area contributed by atoms with Gasteiger partial charge in [-0.3, -0.25) is 0 Å². The fraction of sp³-hybridized carbons (Fsp3) is 0.533. The van der Waals surface area contributed by atoms with Gasteiger partial charge in [0.25, 0.3) is 5.92 Å². The van der Waals surface area contributed by atoms with Gasteiger partial charge in [-0.15, -0.1) is 0 Å². The lowest BCUT2D eigenvalue weighted by Gasteiger charge is -2.22. The number of carbonyl (C=O) groups excluding carboxylic acids is 1. The minimum absolute atomic E-state index is 0.0483. The molecule has 2 N–H and O–H groups in total. The Bertz CT molecular complexity index is 548. The van der Waals surface area contributed by atoms with Crippen molar-refractivity contribution < 1.29 is 22.7 Å². The van der Waals surface area contributed by atoms with Crippen molar-refractivity contribution in [3.8, 4) is 0 Å². The van der Waals surface area contributed by atoms with Gasteiger partial charge in [0.15, 0.2) is 0 Å². The van der Waals surface area contributed by atoms with Crippen LogP contribution >= 0.6 is 15.9 Å². The summed E-state index contributed by atoms with van der Waals surface area (Å²) < 4.78 is 46.3.